The van der Waals surface area contributed by atoms with Crippen LogP contribution in [0.1, 0.15) is 30.8 Å². The van der Waals surface area contributed by atoms with Gasteiger partial charge in [0.1, 0.15) is 11.6 Å². The van der Waals surface area contributed by atoms with Gasteiger partial charge in [0.25, 0.3) is 5.56 Å². The van der Waals surface area contributed by atoms with Gasteiger partial charge in [-0.15, -0.1) is 0 Å². The van der Waals surface area contributed by atoms with Crippen LogP contribution in [0.3, 0.4) is 0 Å². The molecule has 3 aromatic rings. The quantitative estimate of drug-likeness (QED) is 0.592. The number of fused-ring (bicyclic) bond motifs is 2. The van der Waals surface area contributed by atoms with Gasteiger partial charge < -0.3 is 19.4 Å². The molecule has 0 spiro atoms. The fourth-order valence-corrected chi connectivity index (χ4v) is 3.87. The number of amides is 2. The number of hydrogen-bond acceptors (Lipinski definition) is 6. The molecular weight excluding hydrogens is 412 g/mol. The smallest absolute Gasteiger partial charge is 0.313 e. The molecule has 0 fully saturated rings. The van der Waals surface area contributed by atoms with E-state index in [4.69, 9.17) is 9.15 Å². The van der Waals surface area contributed by atoms with Crippen LogP contribution in [0.5, 0.6) is 0 Å². The first-order chi connectivity index (χ1) is 15.6. The van der Waals surface area contributed by atoms with Crippen molar-refractivity contribution >= 4 is 28.4 Å². The Labute approximate surface area is 185 Å². The number of rotatable bonds is 6. The number of furan rings is 1. The van der Waals surface area contributed by atoms with Gasteiger partial charge in [0.05, 0.1) is 30.3 Å². The van der Waals surface area contributed by atoms with E-state index in [-0.39, 0.29) is 25.3 Å². The number of methoxy groups -OCH3 is 1. The average molecular weight is 438 g/mol. The van der Waals surface area contributed by atoms with Crippen LogP contribution in [-0.2, 0) is 33.8 Å². The third-order valence-corrected chi connectivity index (χ3v) is 5.55. The van der Waals surface area contributed by atoms with Crippen molar-refractivity contribution in [3.63, 3.8) is 0 Å². The van der Waals surface area contributed by atoms with Gasteiger partial charge in [-0.05, 0) is 43.2 Å². The molecule has 1 N–H and O–H groups in total. The second-order valence-electron chi connectivity index (χ2n) is 7.78. The van der Waals surface area contributed by atoms with Gasteiger partial charge in [-0.1, -0.05) is 6.42 Å². The summed E-state index contributed by atoms with van der Waals surface area (Å²) in [6, 6.07) is 8.39. The van der Waals surface area contributed by atoms with Gasteiger partial charge in [-0.2, -0.15) is 0 Å². The van der Waals surface area contributed by atoms with Gasteiger partial charge in [-0.25, -0.2) is 4.98 Å². The van der Waals surface area contributed by atoms with E-state index in [1.54, 1.807) is 34.9 Å². The van der Waals surface area contributed by atoms with E-state index in [1.165, 1.54) is 18.3 Å². The Morgan fingerprint density at radius 3 is 2.91 bits per heavy atom. The lowest BCUT2D eigenvalue weighted by Crippen LogP contribution is -2.41. The van der Waals surface area contributed by atoms with E-state index in [2.05, 4.69) is 10.3 Å². The van der Waals surface area contributed by atoms with E-state index in [9.17, 15) is 14.4 Å². The molecule has 0 aliphatic carbocycles. The lowest BCUT2D eigenvalue weighted by molar-refractivity contribution is -0.144. The van der Waals surface area contributed by atoms with Crippen LogP contribution in [-0.4, -0.2) is 46.5 Å². The van der Waals surface area contributed by atoms with Crippen LogP contribution < -0.4 is 10.9 Å². The van der Waals surface area contributed by atoms with Gasteiger partial charge >= 0.3 is 11.8 Å². The summed E-state index contributed by atoms with van der Waals surface area (Å²) in [5, 5.41) is 3.04. The van der Waals surface area contributed by atoms with E-state index in [1.807, 2.05) is 0 Å². The highest BCUT2D eigenvalue weighted by atomic mass is 16.5. The molecule has 2 aromatic heterocycles. The first-order valence-corrected chi connectivity index (χ1v) is 10.7. The van der Waals surface area contributed by atoms with Crippen LogP contribution in [0.15, 0.2) is 45.8 Å². The van der Waals surface area contributed by atoms with Crippen molar-refractivity contribution in [2.24, 2.45) is 0 Å². The third-order valence-electron chi connectivity index (χ3n) is 5.55. The Balaban J connectivity index is 1.54. The van der Waals surface area contributed by atoms with Gasteiger partial charge in [-0.3, -0.25) is 19.0 Å². The Morgan fingerprint density at radius 1 is 1.25 bits per heavy atom. The minimum atomic E-state index is -0.796. The molecular formula is C23H26N4O5. The highest BCUT2D eigenvalue weighted by Gasteiger charge is 2.23. The first kappa shape index (κ1) is 21.8. The maximum atomic E-state index is 13.0. The summed E-state index contributed by atoms with van der Waals surface area (Å²) < 4.78 is 12.1. The Hall–Kier alpha value is -3.46. The molecule has 2 amide bonds. The number of benzene rings is 1. The standard InChI is InChI=1S/C23H26N4O5/c1-31-13-11-26(15-17-6-5-12-32-17)23(30)21(28)24-16-8-9-19-18(14-16)22(29)27-10-4-2-3-7-20(27)25-19/h5-6,8-9,12,14H,2-4,7,10-11,13,15H2,1H3,(H,24,28). The average Bonchev–Trinajstić information content (AvgIpc) is 3.19. The molecule has 0 unspecified atom stereocenters. The molecule has 1 aliphatic heterocycles. The number of nitrogens with zero attached hydrogens (tertiary/aromatic N) is 3. The molecule has 1 aliphatic rings. The summed E-state index contributed by atoms with van der Waals surface area (Å²) in [7, 11) is 1.53. The molecule has 9 nitrogen and oxygen atoms in total. The fourth-order valence-electron chi connectivity index (χ4n) is 3.87. The van der Waals surface area contributed by atoms with Crippen molar-refractivity contribution in [1.82, 2.24) is 14.5 Å². The molecule has 0 radical (unpaired) electrons. The normalized spacial score (nSPS) is 13.4. The van der Waals surface area contributed by atoms with Crippen LogP contribution in [0.4, 0.5) is 5.69 Å². The maximum absolute atomic E-state index is 13.0. The number of nitrogens with one attached hydrogen (secondary N) is 1. The van der Waals surface area contributed by atoms with Crippen molar-refractivity contribution in [2.45, 2.75) is 38.8 Å². The Bertz CT molecular complexity index is 1170. The van der Waals surface area contributed by atoms with Crippen molar-refractivity contribution in [3.8, 4) is 0 Å². The lowest BCUT2D eigenvalue weighted by Gasteiger charge is -2.20. The number of carbonyl (C=O) groups excluding carboxylic acids is 2. The first-order valence-electron chi connectivity index (χ1n) is 10.7. The molecule has 168 valence electrons. The number of aromatic nitrogens is 2. The molecule has 3 heterocycles. The molecule has 1 aromatic carbocycles. The number of anilines is 1. The second kappa shape index (κ2) is 9.78. The van der Waals surface area contributed by atoms with E-state index < -0.39 is 11.8 Å². The van der Waals surface area contributed by atoms with E-state index in [0.29, 0.717) is 28.9 Å². The monoisotopic (exact) mass is 438 g/mol. The van der Waals surface area contributed by atoms with Crippen LogP contribution in [0, 0.1) is 0 Å². The van der Waals surface area contributed by atoms with E-state index >= 15 is 0 Å². The predicted molar refractivity (Wildman–Crippen MR) is 118 cm³/mol. The van der Waals surface area contributed by atoms with Crippen molar-refractivity contribution in [2.75, 3.05) is 25.6 Å². The lowest BCUT2D eigenvalue weighted by atomic mass is 10.2. The largest absolute Gasteiger partial charge is 0.467 e. The zero-order chi connectivity index (χ0) is 22.5. The highest BCUT2D eigenvalue weighted by Crippen LogP contribution is 2.18. The predicted octanol–water partition coefficient (Wildman–Crippen LogP) is 2.33. The maximum Gasteiger partial charge on any atom is 0.313 e. The molecule has 4 rings (SSSR count). The van der Waals surface area contributed by atoms with Crippen LogP contribution in [0.25, 0.3) is 10.9 Å². The van der Waals surface area contributed by atoms with Crippen molar-refractivity contribution in [1.29, 1.82) is 0 Å². The molecule has 9 heteroatoms. The summed E-state index contributed by atoms with van der Waals surface area (Å²) in [6.07, 6.45) is 5.33. The molecule has 0 saturated heterocycles. The summed E-state index contributed by atoms with van der Waals surface area (Å²) >= 11 is 0. The zero-order valence-corrected chi connectivity index (χ0v) is 18.0. The minimum Gasteiger partial charge on any atom is -0.467 e. The third kappa shape index (κ3) is 4.72. The molecule has 32 heavy (non-hydrogen) atoms. The topological polar surface area (TPSA) is 107 Å². The Morgan fingerprint density at radius 2 is 2.12 bits per heavy atom. The number of carbonyl (C=O) groups is 2. The number of ether oxygens (including phenoxy) is 1. The van der Waals surface area contributed by atoms with Crippen LogP contribution >= 0.6 is 0 Å². The van der Waals surface area contributed by atoms with Crippen molar-refractivity contribution in [3.05, 3.63) is 58.5 Å². The highest BCUT2D eigenvalue weighted by molar-refractivity contribution is 6.39. The molecule has 0 bridgehead atoms. The number of aryl methyl sites for hydroxylation is 1. The van der Waals surface area contributed by atoms with Crippen LogP contribution in [0.2, 0.25) is 0 Å². The zero-order valence-electron chi connectivity index (χ0n) is 18.0. The van der Waals surface area contributed by atoms with Gasteiger partial charge in [0.2, 0.25) is 0 Å². The summed E-state index contributed by atoms with van der Waals surface area (Å²) in [4.78, 5) is 44.5. The SMILES string of the molecule is COCCN(Cc1ccco1)C(=O)C(=O)Nc1ccc2nc3n(c(=O)c2c1)CCCCC3. The van der Waals surface area contributed by atoms with Crippen molar-refractivity contribution < 1.29 is 18.7 Å². The molecule has 0 saturated carbocycles. The number of hydrogen-bond donors (Lipinski definition) is 1. The fraction of sp³-hybridized carbons (Fsp3) is 0.391. The minimum absolute atomic E-state index is 0.117. The summed E-state index contributed by atoms with van der Waals surface area (Å²) in [6.45, 7) is 1.31. The van der Waals surface area contributed by atoms with Gasteiger partial charge in [0.15, 0.2) is 0 Å². The summed E-state index contributed by atoms with van der Waals surface area (Å²) in [5.41, 5.74) is 0.842. The van der Waals surface area contributed by atoms with Gasteiger partial charge in [0, 0.05) is 32.3 Å². The second-order valence-corrected chi connectivity index (χ2v) is 7.78. The summed E-state index contributed by atoms with van der Waals surface area (Å²) in [5.74, 6) is -0.142. The Kier molecular flexibility index (Phi) is 6.65. The van der Waals surface area contributed by atoms with E-state index in [0.717, 1.165) is 31.5 Å². The molecule has 0 atom stereocenters.